The Morgan fingerprint density at radius 3 is 2.70 bits per heavy atom. The molecule has 0 aliphatic carbocycles. The van der Waals surface area contributed by atoms with E-state index in [0.717, 1.165) is 54.4 Å². The molecule has 2 aromatic carbocycles. The van der Waals surface area contributed by atoms with Gasteiger partial charge in [-0.05, 0) is 80.6 Å². The number of piperidine rings is 1. The molecule has 0 amide bonds. The fourth-order valence-electron chi connectivity index (χ4n) is 3.72. The third-order valence-electron chi connectivity index (χ3n) is 5.27. The number of rotatable bonds is 5. The first kappa shape index (κ1) is 18.1. The van der Waals surface area contributed by atoms with Crippen molar-refractivity contribution in [2.24, 2.45) is 5.92 Å². The van der Waals surface area contributed by atoms with Crippen molar-refractivity contribution in [3.8, 4) is 0 Å². The normalized spacial score (nSPS) is 15.9. The molecule has 0 bridgehead atoms. The van der Waals surface area contributed by atoms with Crippen molar-refractivity contribution in [1.82, 2.24) is 5.32 Å². The van der Waals surface area contributed by atoms with Gasteiger partial charge in [0.05, 0.1) is 16.8 Å². The Kier molecular flexibility index (Phi) is 4.93. The average Bonchev–Trinajstić information content (AvgIpc) is 3.13. The van der Waals surface area contributed by atoms with Crippen LogP contribution in [0, 0.1) is 12.8 Å². The Morgan fingerprint density at radius 2 is 1.93 bits per heavy atom. The van der Waals surface area contributed by atoms with E-state index in [0.29, 0.717) is 11.6 Å². The van der Waals surface area contributed by atoms with Gasteiger partial charge in [0.1, 0.15) is 5.58 Å². The predicted molar refractivity (Wildman–Crippen MR) is 107 cm³/mol. The number of aryl methyl sites for hydroxylation is 1. The first-order chi connectivity index (χ1) is 13.0. The van der Waals surface area contributed by atoms with Crippen molar-refractivity contribution >= 4 is 26.7 Å². The van der Waals surface area contributed by atoms with E-state index in [1.807, 2.05) is 31.2 Å². The highest BCUT2D eigenvalue weighted by atomic mass is 32.2. The number of para-hydroxylation sites is 1. The van der Waals surface area contributed by atoms with Crippen LogP contribution in [0.4, 0.5) is 5.69 Å². The molecule has 142 valence electrons. The predicted octanol–water partition coefficient (Wildman–Crippen LogP) is 4.08. The van der Waals surface area contributed by atoms with Crippen LogP contribution in [0.3, 0.4) is 0 Å². The highest BCUT2D eigenvalue weighted by Gasteiger charge is 2.21. The lowest BCUT2D eigenvalue weighted by atomic mass is 9.90. The van der Waals surface area contributed by atoms with Gasteiger partial charge in [-0.3, -0.25) is 4.72 Å². The molecule has 0 spiro atoms. The van der Waals surface area contributed by atoms with Crippen LogP contribution in [0.2, 0.25) is 0 Å². The first-order valence-corrected chi connectivity index (χ1v) is 10.8. The van der Waals surface area contributed by atoms with Crippen molar-refractivity contribution in [3.63, 3.8) is 0 Å². The second-order valence-electron chi connectivity index (χ2n) is 7.24. The summed E-state index contributed by atoms with van der Waals surface area (Å²) in [5.41, 5.74) is 3.25. The molecule has 3 aromatic rings. The summed E-state index contributed by atoms with van der Waals surface area (Å²) in [4.78, 5) is 0.281. The number of fused-ring (bicyclic) bond motifs is 1. The van der Waals surface area contributed by atoms with Crippen LogP contribution in [0.25, 0.3) is 11.0 Å². The number of furan rings is 1. The van der Waals surface area contributed by atoms with Gasteiger partial charge in [-0.1, -0.05) is 18.2 Å². The molecule has 1 aromatic heterocycles. The number of hydrogen-bond donors (Lipinski definition) is 2. The summed E-state index contributed by atoms with van der Waals surface area (Å²) in [6.45, 7) is 3.91. The third-order valence-corrected chi connectivity index (χ3v) is 6.61. The summed E-state index contributed by atoms with van der Waals surface area (Å²) in [7, 11) is -3.67. The van der Waals surface area contributed by atoms with Crippen LogP contribution in [0.1, 0.15) is 24.0 Å². The van der Waals surface area contributed by atoms with Crippen molar-refractivity contribution < 1.29 is 12.8 Å². The molecule has 2 heterocycles. The molecule has 1 aliphatic heterocycles. The molecule has 1 fully saturated rings. The van der Waals surface area contributed by atoms with E-state index in [1.54, 1.807) is 24.5 Å². The fraction of sp³-hybridized carbons (Fsp3) is 0.333. The fourth-order valence-corrected chi connectivity index (χ4v) is 4.94. The highest BCUT2D eigenvalue weighted by molar-refractivity contribution is 7.92. The van der Waals surface area contributed by atoms with E-state index in [4.69, 9.17) is 4.42 Å². The second-order valence-corrected chi connectivity index (χ2v) is 8.92. The van der Waals surface area contributed by atoms with Crippen LogP contribution in [-0.4, -0.2) is 21.5 Å². The third kappa shape index (κ3) is 3.87. The van der Waals surface area contributed by atoms with Crippen LogP contribution in [-0.2, 0) is 16.4 Å². The largest absolute Gasteiger partial charge is 0.464 e. The molecule has 2 N–H and O–H groups in total. The van der Waals surface area contributed by atoms with E-state index in [-0.39, 0.29) is 4.90 Å². The molecule has 0 unspecified atom stereocenters. The summed E-state index contributed by atoms with van der Waals surface area (Å²) in [5, 5.41) is 4.20. The number of hydrogen-bond acceptors (Lipinski definition) is 4. The number of anilines is 1. The lowest BCUT2D eigenvalue weighted by Crippen LogP contribution is -2.28. The Hall–Kier alpha value is -2.31. The Morgan fingerprint density at radius 1 is 1.15 bits per heavy atom. The number of benzene rings is 2. The minimum absolute atomic E-state index is 0.281. The number of nitrogens with one attached hydrogen (secondary N) is 2. The zero-order chi connectivity index (χ0) is 18.9. The smallest absolute Gasteiger partial charge is 0.261 e. The lowest BCUT2D eigenvalue weighted by molar-refractivity contribution is 0.372. The summed E-state index contributed by atoms with van der Waals surface area (Å²) in [6, 6.07) is 12.7. The maximum Gasteiger partial charge on any atom is 0.261 e. The Balaban J connectivity index is 1.69. The summed E-state index contributed by atoms with van der Waals surface area (Å²) in [5.74, 6) is 0.543. The topological polar surface area (TPSA) is 71.3 Å². The highest BCUT2D eigenvalue weighted by Crippen LogP contribution is 2.30. The molecule has 27 heavy (non-hydrogen) atoms. The molecule has 1 saturated heterocycles. The molecule has 4 rings (SSSR count). The molecule has 5 nitrogen and oxygen atoms in total. The maximum atomic E-state index is 13.0. The summed E-state index contributed by atoms with van der Waals surface area (Å²) in [6.07, 6.45) is 4.66. The molecular weight excluding hydrogens is 360 g/mol. The number of sulfonamides is 1. The van der Waals surface area contributed by atoms with Gasteiger partial charge in [-0.25, -0.2) is 8.42 Å². The van der Waals surface area contributed by atoms with Crippen molar-refractivity contribution in [1.29, 1.82) is 0 Å². The SMILES string of the molecule is Cc1ccccc1NS(=O)(=O)c1cc(CC2CCNCC2)c2occc2c1. The van der Waals surface area contributed by atoms with E-state index >= 15 is 0 Å². The molecule has 0 saturated carbocycles. The van der Waals surface area contributed by atoms with E-state index in [2.05, 4.69) is 10.0 Å². The van der Waals surface area contributed by atoms with Gasteiger partial charge in [0, 0.05) is 5.39 Å². The molecule has 6 heteroatoms. The van der Waals surface area contributed by atoms with Crippen LogP contribution in [0.15, 0.2) is 58.0 Å². The molecule has 0 atom stereocenters. The van der Waals surface area contributed by atoms with Crippen molar-refractivity contribution in [2.75, 3.05) is 17.8 Å². The molecular formula is C21H24N2O3S. The molecule has 1 aliphatic rings. The Labute approximate surface area is 159 Å². The Bertz CT molecular complexity index is 1050. The lowest BCUT2D eigenvalue weighted by Gasteiger charge is -2.22. The van der Waals surface area contributed by atoms with E-state index in [9.17, 15) is 8.42 Å². The van der Waals surface area contributed by atoms with Gasteiger partial charge in [-0.2, -0.15) is 0 Å². The standard InChI is InChI=1S/C21H24N2O3S/c1-15-4-2-3-5-20(15)23-27(24,25)19-13-17-8-11-26-21(17)18(14-19)12-16-6-9-22-10-7-16/h2-5,8,11,13-14,16,22-23H,6-7,9-10,12H2,1H3. The zero-order valence-electron chi connectivity index (χ0n) is 15.4. The van der Waals surface area contributed by atoms with Crippen LogP contribution in [0.5, 0.6) is 0 Å². The monoisotopic (exact) mass is 384 g/mol. The maximum absolute atomic E-state index is 13.0. The minimum atomic E-state index is -3.67. The zero-order valence-corrected chi connectivity index (χ0v) is 16.2. The second kappa shape index (κ2) is 7.37. The van der Waals surface area contributed by atoms with Crippen LogP contribution < -0.4 is 10.0 Å². The minimum Gasteiger partial charge on any atom is -0.464 e. The van der Waals surface area contributed by atoms with Gasteiger partial charge in [-0.15, -0.1) is 0 Å². The van der Waals surface area contributed by atoms with E-state index < -0.39 is 10.0 Å². The van der Waals surface area contributed by atoms with Crippen molar-refractivity contribution in [3.05, 3.63) is 59.9 Å². The summed E-state index contributed by atoms with van der Waals surface area (Å²) < 4.78 is 34.4. The van der Waals surface area contributed by atoms with Gasteiger partial charge >= 0.3 is 0 Å². The average molecular weight is 385 g/mol. The van der Waals surface area contributed by atoms with Crippen LogP contribution >= 0.6 is 0 Å². The van der Waals surface area contributed by atoms with Gasteiger partial charge in [0.2, 0.25) is 0 Å². The van der Waals surface area contributed by atoms with Gasteiger partial charge in [0.15, 0.2) is 0 Å². The summed E-state index contributed by atoms with van der Waals surface area (Å²) >= 11 is 0. The van der Waals surface area contributed by atoms with E-state index in [1.165, 1.54) is 0 Å². The quantitative estimate of drug-likeness (QED) is 0.695. The van der Waals surface area contributed by atoms with Gasteiger partial charge < -0.3 is 9.73 Å². The van der Waals surface area contributed by atoms with Gasteiger partial charge in [0.25, 0.3) is 10.0 Å². The first-order valence-electron chi connectivity index (χ1n) is 9.32. The molecule has 0 radical (unpaired) electrons. The van der Waals surface area contributed by atoms with Crippen molar-refractivity contribution in [2.45, 2.75) is 31.1 Å².